The first-order valence-corrected chi connectivity index (χ1v) is 11.7. The molecule has 27 heavy (non-hydrogen) atoms. The maximum absolute atomic E-state index is 12.7. The standard InChI is InChI=1S/C16H17Cl3N2O4S2/c1-11-7-3-5-9-13(11)26(22,23)20-15(16(17,18)19)21-27(24,25)14-10-6-4-8-12(14)2/h3-10,15,20-21H,1-2H3. The number of benzene rings is 2. The molecule has 0 radical (unpaired) electrons. The maximum Gasteiger partial charge on any atom is 0.242 e. The number of sulfonamides is 2. The predicted molar refractivity (Wildman–Crippen MR) is 107 cm³/mol. The highest BCUT2D eigenvalue weighted by molar-refractivity contribution is 7.90. The molecule has 0 saturated heterocycles. The Hall–Kier alpha value is -0.870. The normalized spacial score (nSPS) is 13.1. The van der Waals surface area contributed by atoms with E-state index in [0.717, 1.165) is 0 Å². The molecule has 0 saturated carbocycles. The lowest BCUT2D eigenvalue weighted by atomic mass is 10.2. The van der Waals surface area contributed by atoms with E-state index in [1.54, 1.807) is 38.1 Å². The van der Waals surface area contributed by atoms with Crippen molar-refractivity contribution in [1.82, 2.24) is 9.44 Å². The van der Waals surface area contributed by atoms with Gasteiger partial charge in [-0.15, -0.1) is 0 Å². The van der Waals surface area contributed by atoms with E-state index in [-0.39, 0.29) is 9.79 Å². The van der Waals surface area contributed by atoms with Crippen LogP contribution in [0.4, 0.5) is 0 Å². The monoisotopic (exact) mass is 470 g/mol. The van der Waals surface area contributed by atoms with Crippen molar-refractivity contribution in [3.05, 3.63) is 59.7 Å². The largest absolute Gasteiger partial charge is 0.242 e. The third kappa shape index (κ3) is 5.57. The van der Waals surface area contributed by atoms with Crippen LogP contribution in [-0.2, 0) is 20.0 Å². The van der Waals surface area contributed by atoms with E-state index in [9.17, 15) is 16.8 Å². The molecule has 0 heterocycles. The van der Waals surface area contributed by atoms with E-state index < -0.39 is 30.0 Å². The summed E-state index contributed by atoms with van der Waals surface area (Å²) in [6.07, 6.45) is -1.74. The average Bonchev–Trinajstić information content (AvgIpc) is 2.53. The van der Waals surface area contributed by atoms with E-state index in [4.69, 9.17) is 34.8 Å². The summed E-state index contributed by atoms with van der Waals surface area (Å²) in [4.78, 5) is -0.112. The van der Waals surface area contributed by atoms with Gasteiger partial charge in [0.05, 0.1) is 9.79 Å². The number of nitrogens with one attached hydrogen (secondary N) is 2. The van der Waals surface area contributed by atoms with Crippen LogP contribution in [0, 0.1) is 13.8 Å². The van der Waals surface area contributed by atoms with Crippen LogP contribution < -0.4 is 9.44 Å². The van der Waals surface area contributed by atoms with Gasteiger partial charge in [-0.25, -0.2) is 16.8 Å². The predicted octanol–water partition coefficient (Wildman–Crippen LogP) is 3.26. The minimum absolute atomic E-state index is 0.0562. The highest BCUT2D eigenvalue weighted by atomic mass is 35.6. The van der Waals surface area contributed by atoms with Crippen LogP contribution in [0.3, 0.4) is 0 Å². The summed E-state index contributed by atoms with van der Waals surface area (Å²) in [6, 6.07) is 12.3. The summed E-state index contributed by atoms with van der Waals surface area (Å²) in [5, 5.41) is 0. The lowest BCUT2D eigenvalue weighted by Crippen LogP contribution is -2.55. The van der Waals surface area contributed by atoms with Crippen molar-refractivity contribution in [2.24, 2.45) is 0 Å². The molecule has 0 aromatic heterocycles. The molecule has 0 amide bonds. The van der Waals surface area contributed by atoms with Crippen LogP contribution in [-0.4, -0.2) is 26.8 Å². The minimum atomic E-state index is -4.17. The Kier molecular flexibility index (Phi) is 6.85. The fraction of sp³-hybridized carbons (Fsp3) is 0.250. The highest BCUT2D eigenvalue weighted by Gasteiger charge is 2.39. The summed E-state index contributed by atoms with van der Waals surface area (Å²) in [6.45, 7) is 3.19. The molecule has 2 N–H and O–H groups in total. The summed E-state index contributed by atoms with van der Waals surface area (Å²) < 4.78 is 52.7. The van der Waals surface area contributed by atoms with Gasteiger partial charge in [-0.2, -0.15) is 9.44 Å². The lowest BCUT2D eigenvalue weighted by molar-refractivity contribution is 0.518. The molecular formula is C16H17Cl3N2O4S2. The fourth-order valence-corrected chi connectivity index (χ4v) is 5.95. The summed E-state index contributed by atoms with van der Waals surface area (Å²) in [7, 11) is -8.34. The van der Waals surface area contributed by atoms with Gasteiger partial charge in [-0.1, -0.05) is 71.2 Å². The van der Waals surface area contributed by atoms with Gasteiger partial charge in [0.15, 0.2) is 0 Å². The van der Waals surface area contributed by atoms with Gasteiger partial charge in [0.1, 0.15) is 6.17 Å². The summed E-state index contributed by atoms with van der Waals surface area (Å²) in [5.74, 6) is 0. The Balaban J connectivity index is 2.40. The number of halogens is 3. The van der Waals surface area contributed by atoms with Gasteiger partial charge in [-0.05, 0) is 37.1 Å². The molecule has 0 bridgehead atoms. The van der Waals surface area contributed by atoms with E-state index in [1.807, 2.05) is 0 Å². The van der Waals surface area contributed by atoms with Crippen LogP contribution in [0.2, 0.25) is 0 Å². The second-order valence-electron chi connectivity index (χ2n) is 5.75. The molecule has 6 nitrogen and oxygen atoms in total. The Morgan fingerprint density at radius 1 is 0.741 bits per heavy atom. The molecule has 0 spiro atoms. The number of rotatable bonds is 6. The third-order valence-electron chi connectivity index (χ3n) is 3.64. The SMILES string of the molecule is Cc1ccccc1S(=O)(=O)NC(NS(=O)(=O)c1ccccc1C)C(Cl)(Cl)Cl. The van der Waals surface area contributed by atoms with E-state index in [0.29, 0.717) is 11.1 Å². The number of hydrogen-bond acceptors (Lipinski definition) is 4. The Morgan fingerprint density at radius 3 is 1.37 bits per heavy atom. The van der Waals surface area contributed by atoms with Gasteiger partial charge in [-0.3, -0.25) is 0 Å². The minimum Gasteiger partial charge on any atom is -0.207 e. The van der Waals surface area contributed by atoms with Crippen LogP contribution >= 0.6 is 34.8 Å². The molecule has 0 aliphatic heterocycles. The molecule has 0 aliphatic rings. The van der Waals surface area contributed by atoms with Crippen molar-refractivity contribution in [3.8, 4) is 0 Å². The van der Waals surface area contributed by atoms with Crippen LogP contribution in [0.1, 0.15) is 11.1 Å². The molecule has 0 fully saturated rings. The Bertz CT molecular complexity index is 958. The highest BCUT2D eigenvalue weighted by Crippen LogP contribution is 2.31. The quantitative estimate of drug-likeness (QED) is 0.499. The van der Waals surface area contributed by atoms with Gasteiger partial charge in [0.25, 0.3) is 0 Å². The second-order valence-corrected chi connectivity index (χ2v) is 11.5. The van der Waals surface area contributed by atoms with Crippen molar-refractivity contribution in [2.45, 2.75) is 33.6 Å². The fourth-order valence-electron chi connectivity index (χ4n) is 2.31. The van der Waals surface area contributed by atoms with E-state index in [1.165, 1.54) is 24.3 Å². The smallest absolute Gasteiger partial charge is 0.207 e. The molecule has 11 heteroatoms. The van der Waals surface area contributed by atoms with Gasteiger partial charge < -0.3 is 0 Å². The molecular weight excluding hydrogens is 455 g/mol. The van der Waals surface area contributed by atoms with E-state index >= 15 is 0 Å². The molecule has 2 aromatic carbocycles. The molecule has 148 valence electrons. The Morgan fingerprint density at radius 2 is 1.07 bits per heavy atom. The number of alkyl halides is 3. The molecule has 0 unspecified atom stereocenters. The average molecular weight is 472 g/mol. The lowest BCUT2D eigenvalue weighted by Gasteiger charge is -2.26. The van der Waals surface area contributed by atoms with Crippen LogP contribution in [0.15, 0.2) is 58.3 Å². The van der Waals surface area contributed by atoms with Gasteiger partial charge in [0, 0.05) is 0 Å². The zero-order valence-corrected chi connectivity index (χ0v) is 18.2. The zero-order valence-electron chi connectivity index (χ0n) is 14.3. The van der Waals surface area contributed by atoms with E-state index in [2.05, 4.69) is 9.44 Å². The van der Waals surface area contributed by atoms with Gasteiger partial charge in [0.2, 0.25) is 23.8 Å². The summed E-state index contributed by atoms with van der Waals surface area (Å²) in [5.41, 5.74) is 0.907. The van der Waals surface area contributed by atoms with Crippen LogP contribution in [0.25, 0.3) is 0 Å². The van der Waals surface area contributed by atoms with Crippen LogP contribution in [0.5, 0.6) is 0 Å². The third-order valence-corrected chi connectivity index (χ3v) is 7.46. The van der Waals surface area contributed by atoms with Crippen molar-refractivity contribution < 1.29 is 16.8 Å². The first kappa shape index (κ1) is 22.4. The van der Waals surface area contributed by atoms with Gasteiger partial charge >= 0.3 is 0 Å². The second kappa shape index (κ2) is 8.24. The molecule has 0 aliphatic carbocycles. The first-order valence-electron chi connectivity index (χ1n) is 7.57. The van der Waals surface area contributed by atoms with Crippen molar-refractivity contribution >= 4 is 54.8 Å². The van der Waals surface area contributed by atoms with Crippen molar-refractivity contribution in [2.75, 3.05) is 0 Å². The summed E-state index contributed by atoms with van der Waals surface area (Å²) >= 11 is 17.5. The topological polar surface area (TPSA) is 92.3 Å². The molecule has 0 atom stereocenters. The number of aryl methyl sites for hydroxylation is 2. The molecule has 2 rings (SSSR count). The maximum atomic E-state index is 12.7. The Labute approximate surface area is 173 Å². The van der Waals surface area contributed by atoms with Crippen molar-refractivity contribution in [3.63, 3.8) is 0 Å². The molecule has 2 aromatic rings. The zero-order chi connectivity index (χ0) is 20.5. The van der Waals surface area contributed by atoms with Crippen molar-refractivity contribution in [1.29, 1.82) is 0 Å². The number of hydrogen-bond donors (Lipinski definition) is 2. The first-order chi connectivity index (χ1) is 12.3.